The monoisotopic (exact) mass is 319 g/mol. The summed E-state index contributed by atoms with van der Waals surface area (Å²) < 4.78 is 1.78. The van der Waals surface area contributed by atoms with Gasteiger partial charge in [-0.15, -0.1) is 0 Å². The highest BCUT2D eigenvalue weighted by molar-refractivity contribution is 5.81. The van der Waals surface area contributed by atoms with E-state index >= 15 is 0 Å². The Hall–Kier alpha value is -3.12. The quantitative estimate of drug-likeness (QED) is 0.640. The summed E-state index contributed by atoms with van der Waals surface area (Å²) in [5, 5.41) is 16.1. The van der Waals surface area contributed by atoms with Gasteiger partial charge < -0.3 is 16.0 Å². The maximum absolute atomic E-state index is 9.25. The summed E-state index contributed by atoms with van der Waals surface area (Å²) in [6.45, 7) is 0.512. The lowest BCUT2D eigenvalue weighted by molar-refractivity contribution is 0.269. The Morgan fingerprint density at radius 1 is 1.00 bits per heavy atom. The first-order chi connectivity index (χ1) is 11.9. The average Bonchev–Trinajstić information content (AvgIpc) is 3.06. The number of nitrogens with one attached hydrogen (secondary N) is 2. The van der Waals surface area contributed by atoms with Gasteiger partial charge in [0.1, 0.15) is 5.69 Å². The number of hydrazine groups is 1. The van der Waals surface area contributed by atoms with Crippen molar-refractivity contribution in [3.63, 3.8) is 0 Å². The van der Waals surface area contributed by atoms with Crippen LogP contribution in [-0.2, 0) is 6.54 Å². The van der Waals surface area contributed by atoms with Gasteiger partial charge in [-0.25, -0.2) is 0 Å². The van der Waals surface area contributed by atoms with E-state index in [2.05, 4.69) is 33.1 Å². The Morgan fingerprint density at radius 2 is 1.83 bits per heavy atom. The molecule has 4 rings (SSSR count). The van der Waals surface area contributed by atoms with E-state index in [9.17, 15) is 5.11 Å². The Bertz CT molecular complexity index is 978. The van der Waals surface area contributed by atoms with Crippen molar-refractivity contribution >= 4 is 12.4 Å². The summed E-state index contributed by atoms with van der Waals surface area (Å²) in [7, 11) is 0. The SMILES string of the molecule is OCCn1cc(-c2cccc3c2=CNNC=3)c(-c2ccncc2)n1. The van der Waals surface area contributed by atoms with Crippen LogP contribution in [0.25, 0.3) is 34.8 Å². The molecule has 0 saturated carbocycles. The second-order valence-corrected chi connectivity index (χ2v) is 5.50. The molecule has 1 aliphatic rings. The molecule has 1 aliphatic heterocycles. The van der Waals surface area contributed by atoms with Crippen molar-refractivity contribution in [2.24, 2.45) is 0 Å². The summed E-state index contributed by atoms with van der Waals surface area (Å²) in [6, 6.07) is 10.1. The van der Waals surface area contributed by atoms with Crippen molar-refractivity contribution in [3.8, 4) is 22.4 Å². The minimum Gasteiger partial charge on any atom is -0.394 e. The van der Waals surface area contributed by atoms with Crippen molar-refractivity contribution in [2.75, 3.05) is 6.61 Å². The zero-order chi connectivity index (χ0) is 16.4. The smallest absolute Gasteiger partial charge is 0.100 e. The zero-order valence-electron chi connectivity index (χ0n) is 13.0. The highest BCUT2D eigenvalue weighted by atomic mass is 16.3. The van der Waals surface area contributed by atoms with Crippen LogP contribution in [0, 0.1) is 0 Å². The Kier molecular flexibility index (Phi) is 3.72. The van der Waals surface area contributed by atoms with E-state index in [0.29, 0.717) is 6.54 Å². The lowest BCUT2D eigenvalue weighted by Crippen LogP contribution is -2.39. The van der Waals surface area contributed by atoms with E-state index in [1.807, 2.05) is 36.8 Å². The number of fused-ring (bicyclic) bond motifs is 1. The molecule has 3 aromatic rings. The molecular formula is C18H17N5O. The maximum Gasteiger partial charge on any atom is 0.100 e. The molecule has 0 saturated heterocycles. The molecule has 120 valence electrons. The number of benzene rings is 1. The molecule has 0 bridgehead atoms. The third-order valence-electron chi connectivity index (χ3n) is 4.00. The lowest BCUT2D eigenvalue weighted by atomic mass is 9.99. The molecule has 0 spiro atoms. The second-order valence-electron chi connectivity index (χ2n) is 5.50. The van der Waals surface area contributed by atoms with Crippen LogP contribution >= 0.6 is 0 Å². The van der Waals surface area contributed by atoms with E-state index in [-0.39, 0.29) is 6.61 Å². The van der Waals surface area contributed by atoms with Crippen LogP contribution in [0.2, 0.25) is 0 Å². The van der Waals surface area contributed by atoms with E-state index in [1.165, 1.54) is 0 Å². The molecule has 3 N–H and O–H groups in total. The van der Waals surface area contributed by atoms with Gasteiger partial charge in [0.2, 0.25) is 0 Å². The second kappa shape index (κ2) is 6.17. The molecule has 1 aromatic carbocycles. The van der Waals surface area contributed by atoms with Crippen molar-refractivity contribution in [1.29, 1.82) is 0 Å². The fourth-order valence-electron chi connectivity index (χ4n) is 2.90. The van der Waals surface area contributed by atoms with E-state index in [4.69, 9.17) is 0 Å². The molecule has 0 fully saturated rings. The van der Waals surface area contributed by atoms with Gasteiger partial charge in [-0.3, -0.25) is 9.67 Å². The average molecular weight is 319 g/mol. The van der Waals surface area contributed by atoms with Crippen LogP contribution in [0.3, 0.4) is 0 Å². The van der Waals surface area contributed by atoms with Crippen LogP contribution in [0.5, 0.6) is 0 Å². The number of nitrogens with zero attached hydrogens (tertiary/aromatic N) is 3. The number of aromatic nitrogens is 3. The molecule has 24 heavy (non-hydrogen) atoms. The number of pyridine rings is 1. The summed E-state index contributed by atoms with van der Waals surface area (Å²) >= 11 is 0. The first-order valence-corrected chi connectivity index (χ1v) is 7.76. The zero-order valence-corrected chi connectivity index (χ0v) is 13.0. The molecule has 0 radical (unpaired) electrons. The lowest BCUT2D eigenvalue weighted by Gasteiger charge is -2.09. The number of hydrogen-bond acceptors (Lipinski definition) is 5. The summed E-state index contributed by atoms with van der Waals surface area (Å²) in [5.41, 5.74) is 10.0. The first kappa shape index (κ1) is 14.5. The van der Waals surface area contributed by atoms with Crippen molar-refractivity contribution in [1.82, 2.24) is 25.6 Å². The predicted molar refractivity (Wildman–Crippen MR) is 92.4 cm³/mol. The van der Waals surface area contributed by atoms with Gasteiger partial charge in [0.15, 0.2) is 0 Å². The van der Waals surface area contributed by atoms with Crippen LogP contribution in [0.1, 0.15) is 0 Å². The summed E-state index contributed by atoms with van der Waals surface area (Å²) in [5.74, 6) is 0. The Balaban J connectivity index is 1.96. The summed E-state index contributed by atoms with van der Waals surface area (Å²) in [4.78, 5) is 4.08. The molecule has 3 heterocycles. The van der Waals surface area contributed by atoms with Gasteiger partial charge in [0.25, 0.3) is 0 Å². The van der Waals surface area contributed by atoms with Gasteiger partial charge >= 0.3 is 0 Å². The number of hydrogen-bond donors (Lipinski definition) is 3. The molecule has 0 amide bonds. The fraction of sp³-hybridized carbons (Fsp3) is 0.111. The number of aliphatic hydroxyl groups is 1. The van der Waals surface area contributed by atoms with Gasteiger partial charge in [-0.05, 0) is 17.7 Å². The van der Waals surface area contributed by atoms with Crippen molar-refractivity contribution in [2.45, 2.75) is 6.54 Å². The molecule has 0 atom stereocenters. The molecule has 0 unspecified atom stereocenters. The van der Waals surface area contributed by atoms with Crippen molar-refractivity contribution < 1.29 is 5.11 Å². The molecule has 2 aromatic heterocycles. The third kappa shape index (κ3) is 2.53. The first-order valence-electron chi connectivity index (χ1n) is 7.76. The minimum atomic E-state index is 0.0508. The van der Waals surface area contributed by atoms with Gasteiger partial charge in [0, 0.05) is 52.6 Å². The predicted octanol–water partition coefficient (Wildman–Crippen LogP) is 0.188. The normalized spacial score (nSPS) is 12.4. The molecule has 0 aliphatic carbocycles. The Morgan fingerprint density at radius 3 is 2.67 bits per heavy atom. The number of rotatable bonds is 4. The Labute approximate surface area is 138 Å². The topological polar surface area (TPSA) is 75.0 Å². The van der Waals surface area contributed by atoms with Crippen LogP contribution in [-0.4, -0.2) is 26.5 Å². The largest absolute Gasteiger partial charge is 0.394 e. The van der Waals surface area contributed by atoms with Crippen LogP contribution < -0.4 is 21.3 Å². The standard InChI is InChI=1S/C18H17N5O/c24-9-8-23-12-17(18(22-23)13-4-6-19-7-5-13)15-3-1-2-14-10-20-21-11-16(14)15/h1-7,10-12,20-21,24H,8-9H2. The third-order valence-corrected chi connectivity index (χ3v) is 4.00. The van der Waals surface area contributed by atoms with Gasteiger partial charge in [-0.2, -0.15) is 5.10 Å². The molecule has 6 nitrogen and oxygen atoms in total. The van der Waals surface area contributed by atoms with E-state index in [0.717, 1.165) is 32.8 Å². The van der Waals surface area contributed by atoms with Gasteiger partial charge in [-0.1, -0.05) is 18.2 Å². The molecule has 6 heteroatoms. The summed E-state index contributed by atoms with van der Waals surface area (Å²) in [6.07, 6.45) is 9.39. The van der Waals surface area contributed by atoms with Crippen LogP contribution in [0.4, 0.5) is 0 Å². The highest BCUT2D eigenvalue weighted by Gasteiger charge is 2.14. The van der Waals surface area contributed by atoms with E-state index in [1.54, 1.807) is 17.1 Å². The number of aliphatic hydroxyl groups excluding tert-OH is 1. The highest BCUT2D eigenvalue weighted by Crippen LogP contribution is 2.28. The molecular weight excluding hydrogens is 302 g/mol. The minimum absolute atomic E-state index is 0.0508. The fourth-order valence-corrected chi connectivity index (χ4v) is 2.90. The van der Waals surface area contributed by atoms with Crippen LogP contribution in [0.15, 0.2) is 48.9 Å². The van der Waals surface area contributed by atoms with E-state index < -0.39 is 0 Å². The maximum atomic E-state index is 9.25. The van der Waals surface area contributed by atoms with Gasteiger partial charge in [0.05, 0.1) is 13.2 Å². The van der Waals surface area contributed by atoms with Crippen molar-refractivity contribution in [3.05, 3.63) is 59.4 Å².